The molecule has 0 aliphatic rings. The third-order valence-corrected chi connectivity index (χ3v) is 3.65. The number of nitrogens with two attached hydrogens (primary N) is 1. The van der Waals surface area contributed by atoms with E-state index in [9.17, 15) is 13.6 Å². The number of hydrogen-bond donors (Lipinski definition) is 2. The molecule has 0 aliphatic heterocycles. The van der Waals surface area contributed by atoms with Gasteiger partial charge in [-0.05, 0) is 11.1 Å². The highest BCUT2D eigenvalue weighted by Crippen LogP contribution is 2.28. The lowest BCUT2D eigenvalue weighted by atomic mass is 10.0. The third kappa shape index (κ3) is 3.37. The van der Waals surface area contributed by atoms with Crippen molar-refractivity contribution >= 4 is 26.4 Å². The summed E-state index contributed by atoms with van der Waals surface area (Å²) in [4.78, 5) is 22.2. The van der Waals surface area contributed by atoms with Gasteiger partial charge in [-0.3, -0.25) is 9.78 Å². The monoisotopic (exact) mass is 338 g/mol. The SMILES string of the molecule is Nc1nc2c(ncn2Cc2ccccc2CC(F)(F)[PH3+])c(=O)[nH]1. The largest absolute Gasteiger partial charge is 0.369 e. The lowest BCUT2D eigenvalue weighted by molar-refractivity contribution is 0.105. The van der Waals surface area contributed by atoms with Gasteiger partial charge in [-0.1, -0.05) is 24.3 Å². The fourth-order valence-corrected chi connectivity index (χ4v) is 2.70. The van der Waals surface area contributed by atoms with Crippen molar-refractivity contribution in [2.45, 2.75) is 18.6 Å². The van der Waals surface area contributed by atoms with Crippen LogP contribution >= 0.6 is 9.24 Å². The highest BCUT2D eigenvalue weighted by atomic mass is 31.0. The molecule has 2 heterocycles. The molecule has 1 atom stereocenters. The number of nitrogens with zero attached hydrogens (tertiary/aromatic N) is 3. The first kappa shape index (κ1) is 15.6. The summed E-state index contributed by atoms with van der Waals surface area (Å²) >= 11 is 0. The Bertz CT molecular complexity index is 915. The first-order valence-corrected chi connectivity index (χ1v) is 7.55. The van der Waals surface area contributed by atoms with Crippen LogP contribution in [0.3, 0.4) is 0 Å². The quantitative estimate of drug-likeness (QED) is 0.706. The molecule has 1 aromatic carbocycles. The van der Waals surface area contributed by atoms with Crippen LogP contribution < -0.4 is 11.3 Å². The van der Waals surface area contributed by atoms with Gasteiger partial charge < -0.3 is 10.3 Å². The molecule has 0 fully saturated rings. The molecule has 6 nitrogen and oxygen atoms in total. The van der Waals surface area contributed by atoms with E-state index < -0.39 is 11.2 Å². The predicted molar refractivity (Wildman–Crippen MR) is 87.9 cm³/mol. The van der Waals surface area contributed by atoms with Gasteiger partial charge in [0.2, 0.25) is 5.95 Å². The highest BCUT2D eigenvalue weighted by Gasteiger charge is 2.28. The van der Waals surface area contributed by atoms with Crippen molar-refractivity contribution in [2.75, 3.05) is 5.73 Å². The molecule has 0 saturated heterocycles. The van der Waals surface area contributed by atoms with E-state index in [1.807, 2.05) is 0 Å². The Morgan fingerprint density at radius 1 is 1.30 bits per heavy atom. The number of rotatable bonds is 4. The van der Waals surface area contributed by atoms with Crippen LogP contribution in [0, 0.1) is 0 Å². The molecule has 0 amide bonds. The van der Waals surface area contributed by atoms with Crippen molar-refractivity contribution in [1.29, 1.82) is 0 Å². The highest BCUT2D eigenvalue weighted by molar-refractivity contribution is 7.18. The van der Waals surface area contributed by atoms with E-state index in [-0.39, 0.29) is 24.4 Å². The minimum absolute atomic E-state index is 0.0150. The summed E-state index contributed by atoms with van der Waals surface area (Å²) in [6.07, 6.45) is 1.11. The summed E-state index contributed by atoms with van der Waals surface area (Å²) in [6.45, 7) is 0.280. The number of alkyl halides is 2. The molecule has 0 saturated carbocycles. The Kier molecular flexibility index (Phi) is 3.85. The van der Waals surface area contributed by atoms with Crippen LogP contribution in [0.5, 0.6) is 0 Å². The molecule has 0 radical (unpaired) electrons. The summed E-state index contributed by atoms with van der Waals surface area (Å²) < 4.78 is 28.3. The second-order valence-corrected chi connectivity index (χ2v) is 6.33. The van der Waals surface area contributed by atoms with E-state index in [1.54, 1.807) is 28.8 Å². The number of imidazole rings is 1. The Morgan fingerprint density at radius 3 is 2.70 bits per heavy atom. The number of hydrogen-bond acceptors (Lipinski definition) is 4. The fraction of sp³-hybridized carbons (Fsp3) is 0.214. The number of aromatic nitrogens is 4. The minimum Gasteiger partial charge on any atom is -0.369 e. The summed E-state index contributed by atoms with van der Waals surface area (Å²) in [5.41, 5.74) is 4.11. The van der Waals surface area contributed by atoms with Crippen LogP contribution in [0.25, 0.3) is 11.2 Å². The first-order chi connectivity index (χ1) is 10.8. The molecule has 3 N–H and O–H groups in total. The minimum atomic E-state index is -2.77. The topological polar surface area (TPSA) is 89.6 Å². The van der Waals surface area contributed by atoms with Gasteiger partial charge in [0.1, 0.15) is 0 Å². The number of fused-ring (bicyclic) bond motifs is 1. The molecule has 23 heavy (non-hydrogen) atoms. The maximum absolute atomic E-state index is 13.3. The average Bonchev–Trinajstić information content (AvgIpc) is 2.83. The maximum Gasteiger partial charge on any atom is 0.351 e. The Morgan fingerprint density at radius 2 is 2.00 bits per heavy atom. The second-order valence-electron chi connectivity index (χ2n) is 5.30. The number of benzene rings is 1. The van der Waals surface area contributed by atoms with Crippen molar-refractivity contribution in [3.8, 4) is 0 Å². The van der Waals surface area contributed by atoms with E-state index in [0.717, 1.165) is 5.56 Å². The number of H-pyrrole nitrogens is 1. The molecule has 3 rings (SSSR count). The van der Waals surface area contributed by atoms with Gasteiger partial charge in [-0.25, -0.2) is 4.98 Å². The number of nitrogen functional groups attached to an aromatic ring is 1. The first-order valence-electron chi connectivity index (χ1n) is 6.84. The normalized spacial score (nSPS) is 12.1. The smallest absolute Gasteiger partial charge is 0.351 e. The molecule has 0 aliphatic carbocycles. The zero-order chi connectivity index (χ0) is 16.6. The van der Waals surface area contributed by atoms with Crippen LogP contribution in [0.2, 0.25) is 0 Å². The lowest BCUT2D eigenvalue weighted by Gasteiger charge is -2.12. The van der Waals surface area contributed by atoms with Gasteiger partial charge in [-0.2, -0.15) is 13.8 Å². The van der Waals surface area contributed by atoms with Gasteiger partial charge in [0.15, 0.2) is 11.2 Å². The van der Waals surface area contributed by atoms with Crippen LogP contribution in [-0.2, 0) is 13.0 Å². The molecular weight excluding hydrogens is 323 g/mol. The fourth-order valence-electron chi connectivity index (χ4n) is 2.43. The molecule has 3 aromatic rings. The van der Waals surface area contributed by atoms with Crippen molar-refractivity contribution in [3.63, 3.8) is 0 Å². The molecule has 9 heteroatoms. The van der Waals surface area contributed by atoms with Gasteiger partial charge in [0.25, 0.3) is 5.56 Å². The third-order valence-electron chi connectivity index (χ3n) is 3.40. The molecule has 0 spiro atoms. The number of anilines is 1. The van der Waals surface area contributed by atoms with Crippen LogP contribution in [0.4, 0.5) is 14.7 Å². The molecule has 2 aromatic heterocycles. The van der Waals surface area contributed by atoms with Gasteiger partial charge in [-0.15, -0.1) is 0 Å². The van der Waals surface area contributed by atoms with E-state index in [0.29, 0.717) is 20.5 Å². The van der Waals surface area contributed by atoms with Crippen molar-refractivity contribution in [2.24, 2.45) is 0 Å². The second kappa shape index (κ2) is 5.70. The molecule has 0 bridgehead atoms. The van der Waals surface area contributed by atoms with Gasteiger partial charge >= 0.3 is 5.66 Å². The van der Waals surface area contributed by atoms with Crippen LogP contribution in [-0.4, -0.2) is 25.2 Å². The van der Waals surface area contributed by atoms with E-state index in [1.165, 1.54) is 6.33 Å². The summed E-state index contributed by atoms with van der Waals surface area (Å²) in [5.74, 6) is -0.0150. The Hall–Kier alpha value is -2.34. The van der Waals surface area contributed by atoms with Gasteiger partial charge in [0, 0.05) is 9.24 Å². The summed E-state index contributed by atoms with van der Waals surface area (Å²) in [7, 11) is 0.669. The summed E-state index contributed by atoms with van der Waals surface area (Å²) in [5, 5.41) is 0. The zero-order valence-electron chi connectivity index (χ0n) is 12.1. The molecule has 120 valence electrons. The predicted octanol–water partition coefficient (Wildman–Crippen LogP) is 1.49. The van der Waals surface area contributed by atoms with Crippen LogP contribution in [0.1, 0.15) is 11.1 Å². The molecule has 1 unspecified atom stereocenters. The van der Waals surface area contributed by atoms with Crippen molar-refractivity contribution in [1.82, 2.24) is 19.5 Å². The van der Waals surface area contributed by atoms with Crippen molar-refractivity contribution in [3.05, 3.63) is 52.1 Å². The molecular formula is C14H15F2N5OP+. The Labute approximate surface area is 132 Å². The number of halogens is 2. The maximum atomic E-state index is 13.3. The average molecular weight is 338 g/mol. The van der Waals surface area contributed by atoms with Gasteiger partial charge in [0.05, 0.1) is 19.3 Å². The number of nitrogens with one attached hydrogen (secondary N) is 1. The Balaban J connectivity index is 2.02. The van der Waals surface area contributed by atoms with Crippen molar-refractivity contribution < 1.29 is 8.78 Å². The van der Waals surface area contributed by atoms with E-state index in [4.69, 9.17) is 5.73 Å². The standard InChI is InChI=1S/C14H14F2N5OP/c15-14(16,23)5-8-3-1-2-4-9(8)6-21-7-18-10-11(21)19-13(17)20-12(10)22/h1-4,7H,5-6,23H2,(H3,17,19,20,22)/p+1. The zero-order valence-corrected chi connectivity index (χ0v) is 13.5. The van der Waals surface area contributed by atoms with E-state index >= 15 is 0 Å². The summed E-state index contributed by atoms with van der Waals surface area (Å²) in [6, 6.07) is 6.95. The number of aromatic amines is 1. The van der Waals surface area contributed by atoms with E-state index in [2.05, 4.69) is 15.0 Å². The van der Waals surface area contributed by atoms with Crippen LogP contribution in [0.15, 0.2) is 35.4 Å². The lowest BCUT2D eigenvalue weighted by Crippen LogP contribution is -2.14.